The minimum absolute atomic E-state index is 0.109. The van der Waals surface area contributed by atoms with E-state index >= 15 is 0 Å². The van der Waals surface area contributed by atoms with Crippen LogP contribution >= 0.6 is 11.8 Å². The molecule has 110 valence electrons. The number of amidine groups is 1. The van der Waals surface area contributed by atoms with Crippen molar-refractivity contribution in [1.82, 2.24) is 0 Å². The summed E-state index contributed by atoms with van der Waals surface area (Å²) in [5.41, 5.74) is 0.369. The van der Waals surface area contributed by atoms with Crippen LogP contribution in [-0.2, 0) is 0 Å². The van der Waals surface area contributed by atoms with E-state index in [-0.39, 0.29) is 16.9 Å². The SMILES string of the molecule is CC1(C)CN=C(Nc2ccccc2OC(F)(F)F)SC1. The second kappa shape index (κ2) is 5.55. The Labute approximate surface area is 119 Å². The lowest BCUT2D eigenvalue weighted by Gasteiger charge is -2.27. The molecule has 1 aliphatic rings. The predicted octanol–water partition coefficient (Wildman–Crippen LogP) is 4.13. The van der Waals surface area contributed by atoms with Gasteiger partial charge in [0.25, 0.3) is 0 Å². The maximum Gasteiger partial charge on any atom is 0.573 e. The summed E-state index contributed by atoms with van der Waals surface area (Å²) in [6.45, 7) is 4.84. The number of rotatable bonds is 2. The molecule has 0 saturated heterocycles. The van der Waals surface area contributed by atoms with E-state index in [1.165, 1.54) is 30.0 Å². The van der Waals surface area contributed by atoms with E-state index in [1.807, 2.05) is 0 Å². The number of hydrogen-bond acceptors (Lipinski definition) is 4. The summed E-state index contributed by atoms with van der Waals surface area (Å²) in [6, 6.07) is 5.94. The third-order valence-corrected chi connectivity index (χ3v) is 4.04. The summed E-state index contributed by atoms with van der Waals surface area (Å²) in [6.07, 6.45) is -4.71. The molecule has 0 atom stereocenters. The summed E-state index contributed by atoms with van der Waals surface area (Å²) >= 11 is 1.49. The Bertz CT molecular complexity index is 515. The summed E-state index contributed by atoms with van der Waals surface area (Å²) in [7, 11) is 0. The van der Waals surface area contributed by atoms with Crippen LogP contribution in [-0.4, -0.2) is 23.8 Å². The Morgan fingerprint density at radius 3 is 2.60 bits per heavy atom. The zero-order chi connectivity index (χ0) is 14.8. The number of hydrogen-bond donors (Lipinski definition) is 1. The fourth-order valence-corrected chi connectivity index (χ4v) is 2.57. The molecule has 2 rings (SSSR count). The van der Waals surface area contributed by atoms with E-state index in [1.54, 1.807) is 6.07 Å². The minimum atomic E-state index is -4.71. The highest BCUT2D eigenvalue weighted by Gasteiger charge is 2.32. The molecule has 1 aromatic carbocycles. The first-order valence-electron chi connectivity index (χ1n) is 6.04. The largest absolute Gasteiger partial charge is 0.573 e. The van der Waals surface area contributed by atoms with Crippen LogP contribution in [0.15, 0.2) is 29.3 Å². The van der Waals surface area contributed by atoms with Gasteiger partial charge in [0, 0.05) is 12.3 Å². The summed E-state index contributed by atoms with van der Waals surface area (Å²) in [5.74, 6) is 0.606. The molecule has 0 aromatic heterocycles. The molecule has 1 N–H and O–H groups in total. The molecule has 0 fully saturated rings. The van der Waals surface area contributed by atoms with Crippen molar-refractivity contribution in [3.8, 4) is 5.75 Å². The van der Waals surface area contributed by atoms with Gasteiger partial charge in [-0.25, -0.2) is 0 Å². The van der Waals surface area contributed by atoms with Crippen molar-refractivity contribution in [2.24, 2.45) is 10.4 Å². The third-order valence-electron chi connectivity index (χ3n) is 2.60. The number of nitrogens with zero attached hydrogens (tertiary/aromatic N) is 1. The number of benzene rings is 1. The molecule has 1 aromatic rings. The lowest BCUT2D eigenvalue weighted by atomic mass is 9.97. The van der Waals surface area contributed by atoms with E-state index in [9.17, 15) is 13.2 Å². The van der Waals surface area contributed by atoms with E-state index in [4.69, 9.17) is 0 Å². The molecule has 0 saturated carbocycles. The van der Waals surface area contributed by atoms with Crippen LogP contribution in [0.3, 0.4) is 0 Å². The van der Waals surface area contributed by atoms with E-state index in [2.05, 4.69) is 28.9 Å². The quantitative estimate of drug-likeness (QED) is 0.892. The minimum Gasteiger partial charge on any atom is -0.404 e. The van der Waals surface area contributed by atoms with Crippen LogP contribution in [0.25, 0.3) is 0 Å². The van der Waals surface area contributed by atoms with Gasteiger partial charge >= 0.3 is 6.36 Å². The van der Waals surface area contributed by atoms with Gasteiger partial charge in [0.2, 0.25) is 0 Å². The van der Waals surface area contributed by atoms with Crippen molar-refractivity contribution in [2.75, 3.05) is 17.6 Å². The van der Waals surface area contributed by atoms with Crippen molar-refractivity contribution in [2.45, 2.75) is 20.2 Å². The maximum absolute atomic E-state index is 12.3. The summed E-state index contributed by atoms with van der Waals surface area (Å²) < 4.78 is 40.9. The number of para-hydroxylation sites is 2. The predicted molar refractivity (Wildman–Crippen MR) is 75.3 cm³/mol. The number of ether oxygens (including phenoxy) is 1. The van der Waals surface area contributed by atoms with Gasteiger partial charge in [0.15, 0.2) is 10.9 Å². The molecule has 0 radical (unpaired) electrons. The van der Waals surface area contributed by atoms with Gasteiger partial charge in [-0.1, -0.05) is 37.7 Å². The third kappa shape index (κ3) is 4.33. The monoisotopic (exact) mass is 304 g/mol. The molecular formula is C13H15F3N2OS. The smallest absolute Gasteiger partial charge is 0.404 e. The van der Waals surface area contributed by atoms with Gasteiger partial charge in [-0.2, -0.15) is 0 Å². The number of halogens is 3. The number of thioether (sulfide) groups is 1. The van der Waals surface area contributed by atoms with Crippen LogP contribution in [0.4, 0.5) is 18.9 Å². The fourth-order valence-electron chi connectivity index (χ4n) is 1.62. The number of alkyl halides is 3. The van der Waals surface area contributed by atoms with Crippen molar-refractivity contribution in [3.05, 3.63) is 24.3 Å². The topological polar surface area (TPSA) is 33.6 Å². The van der Waals surface area contributed by atoms with E-state index < -0.39 is 6.36 Å². The van der Waals surface area contributed by atoms with Gasteiger partial charge in [-0.15, -0.1) is 13.2 Å². The zero-order valence-electron chi connectivity index (χ0n) is 11.1. The van der Waals surface area contributed by atoms with E-state index in [0.717, 1.165) is 5.75 Å². The summed E-state index contributed by atoms with van der Waals surface area (Å²) in [5, 5.41) is 3.51. The lowest BCUT2D eigenvalue weighted by molar-refractivity contribution is -0.274. The normalized spacial score (nSPS) is 18.4. The molecule has 20 heavy (non-hydrogen) atoms. The van der Waals surface area contributed by atoms with Crippen LogP contribution in [0.2, 0.25) is 0 Å². The molecule has 0 aliphatic carbocycles. The van der Waals surface area contributed by atoms with Crippen molar-refractivity contribution in [3.63, 3.8) is 0 Å². The molecule has 0 amide bonds. The Balaban J connectivity index is 2.12. The van der Waals surface area contributed by atoms with Crippen molar-refractivity contribution >= 4 is 22.6 Å². The highest BCUT2D eigenvalue weighted by Crippen LogP contribution is 2.33. The average molecular weight is 304 g/mol. The van der Waals surface area contributed by atoms with Gasteiger partial charge < -0.3 is 10.1 Å². The summed E-state index contributed by atoms with van der Waals surface area (Å²) in [4.78, 5) is 4.35. The van der Waals surface area contributed by atoms with Crippen LogP contribution in [0.1, 0.15) is 13.8 Å². The van der Waals surface area contributed by atoms with E-state index in [0.29, 0.717) is 11.7 Å². The van der Waals surface area contributed by atoms with Crippen LogP contribution in [0, 0.1) is 5.41 Å². The Morgan fingerprint density at radius 1 is 1.30 bits per heavy atom. The molecule has 0 unspecified atom stereocenters. The number of nitrogens with one attached hydrogen (secondary N) is 1. The molecular weight excluding hydrogens is 289 g/mol. The average Bonchev–Trinajstić information content (AvgIpc) is 2.32. The lowest BCUT2D eigenvalue weighted by Crippen LogP contribution is -2.27. The van der Waals surface area contributed by atoms with Gasteiger partial charge in [0.1, 0.15) is 0 Å². The molecule has 0 spiro atoms. The van der Waals surface area contributed by atoms with Crippen LogP contribution < -0.4 is 10.1 Å². The maximum atomic E-state index is 12.3. The molecule has 0 bridgehead atoms. The highest BCUT2D eigenvalue weighted by molar-refractivity contribution is 8.14. The Morgan fingerprint density at radius 2 is 2.00 bits per heavy atom. The Kier molecular flexibility index (Phi) is 4.17. The first-order chi connectivity index (χ1) is 9.25. The first-order valence-corrected chi connectivity index (χ1v) is 7.03. The molecule has 7 heteroatoms. The van der Waals surface area contributed by atoms with Crippen molar-refractivity contribution in [1.29, 1.82) is 0 Å². The second-order valence-corrected chi connectivity index (χ2v) is 6.21. The first kappa shape index (κ1) is 15.0. The highest BCUT2D eigenvalue weighted by atomic mass is 32.2. The van der Waals surface area contributed by atoms with Gasteiger partial charge in [-0.3, -0.25) is 4.99 Å². The molecule has 1 heterocycles. The molecule has 1 aliphatic heterocycles. The zero-order valence-corrected chi connectivity index (χ0v) is 11.9. The van der Waals surface area contributed by atoms with Gasteiger partial charge in [-0.05, 0) is 17.5 Å². The fraction of sp³-hybridized carbons (Fsp3) is 0.462. The molecule has 3 nitrogen and oxygen atoms in total. The number of anilines is 1. The Hall–Kier alpha value is -1.37. The van der Waals surface area contributed by atoms with Crippen LogP contribution in [0.5, 0.6) is 5.75 Å². The van der Waals surface area contributed by atoms with Crippen molar-refractivity contribution < 1.29 is 17.9 Å². The van der Waals surface area contributed by atoms with Gasteiger partial charge in [0.05, 0.1) is 5.69 Å². The standard InChI is InChI=1S/C13H15F3N2OS/c1-12(2)7-17-11(20-8-12)18-9-5-3-4-6-10(9)19-13(14,15)16/h3-6H,7-8H2,1-2H3,(H,17,18). The number of aliphatic imine (C=N–C) groups is 1. The second-order valence-electron chi connectivity index (χ2n) is 5.24.